The van der Waals surface area contributed by atoms with Crippen LogP contribution < -0.4 is 0 Å². The zero-order valence-corrected chi connectivity index (χ0v) is 12.5. The number of hydrogen-bond donors (Lipinski definition) is 0. The van der Waals surface area contributed by atoms with Gasteiger partial charge in [0.15, 0.2) is 11.9 Å². The van der Waals surface area contributed by atoms with Crippen LogP contribution in [0.4, 0.5) is 0 Å². The largest absolute Gasteiger partial charge is 0.467 e. The van der Waals surface area contributed by atoms with Crippen LogP contribution in [0.15, 0.2) is 24.3 Å². The molecule has 0 saturated carbocycles. The predicted octanol–water partition coefficient (Wildman–Crippen LogP) is 3.14. The number of carbonyl (C=O) groups excluding carboxylic acids is 1. The summed E-state index contributed by atoms with van der Waals surface area (Å²) < 4.78 is 16.9. The van der Waals surface area contributed by atoms with Crippen LogP contribution in [0.1, 0.15) is 43.9 Å². The van der Waals surface area contributed by atoms with Gasteiger partial charge in [0.25, 0.3) is 0 Å². The molecular weight excluding hydrogens is 256 g/mol. The Kier molecular flexibility index (Phi) is 4.45. The highest BCUT2D eigenvalue weighted by Gasteiger charge is 2.50. The van der Waals surface area contributed by atoms with E-state index in [2.05, 4.69) is 0 Å². The molecule has 1 aliphatic heterocycles. The topological polar surface area (TPSA) is 44.8 Å². The molecule has 0 spiro atoms. The third-order valence-electron chi connectivity index (χ3n) is 3.96. The van der Waals surface area contributed by atoms with Gasteiger partial charge in [-0.25, -0.2) is 4.79 Å². The molecule has 4 heteroatoms. The van der Waals surface area contributed by atoms with Crippen LogP contribution >= 0.6 is 0 Å². The fraction of sp³-hybridized carbons (Fsp3) is 0.562. The Labute approximate surface area is 120 Å². The molecule has 20 heavy (non-hydrogen) atoms. The van der Waals surface area contributed by atoms with Crippen molar-refractivity contribution in [2.75, 3.05) is 7.11 Å². The molecule has 0 amide bonds. The monoisotopic (exact) mass is 278 g/mol. The molecule has 4 nitrogen and oxygen atoms in total. The summed E-state index contributed by atoms with van der Waals surface area (Å²) in [6.45, 7) is 6.00. The fourth-order valence-corrected chi connectivity index (χ4v) is 2.62. The van der Waals surface area contributed by atoms with Crippen LogP contribution in [0.2, 0.25) is 0 Å². The Bertz CT molecular complexity index is 479. The lowest BCUT2D eigenvalue weighted by Gasteiger charge is -2.25. The van der Waals surface area contributed by atoms with E-state index in [1.54, 1.807) is 0 Å². The third-order valence-corrected chi connectivity index (χ3v) is 3.96. The summed E-state index contributed by atoms with van der Waals surface area (Å²) in [5, 5.41) is 0. The second-order valence-electron chi connectivity index (χ2n) is 5.07. The van der Waals surface area contributed by atoms with Gasteiger partial charge in [-0.2, -0.15) is 0 Å². The van der Waals surface area contributed by atoms with E-state index in [1.165, 1.54) is 7.11 Å². The number of carbonyl (C=O) groups is 1. The minimum atomic E-state index is -0.707. The summed E-state index contributed by atoms with van der Waals surface area (Å²) in [6.07, 6.45) is 0.267. The number of rotatable bonds is 4. The van der Waals surface area contributed by atoms with E-state index in [0.717, 1.165) is 11.1 Å². The normalized spacial score (nSPS) is 24.6. The molecule has 0 unspecified atom stereocenters. The summed E-state index contributed by atoms with van der Waals surface area (Å²) in [6, 6.07) is 7.89. The van der Waals surface area contributed by atoms with Crippen LogP contribution in [-0.2, 0) is 19.0 Å². The number of benzene rings is 1. The molecule has 1 aromatic carbocycles. The highest BCUT2D eigenvalue weighted by molar-refractivity contribution is 5.76. The highest BCUT2D eigenvalue weighted by Crippen LogP contribution is 2.43. The molecule has 1 saturated heterocycles. The Balaban J connectivity index is 2.38. The van der Waals surface area contributed by atoms with Gasteiger partial charge in [0.1, 0.15) is 6.10 Å². The van der Waals surface area contributed by atoms with E-state index in [9.17, 15) is 4.79 Å². The maximum absolute atomic E-state index is 12.0. The minimum Gasteiger partial charge on any atom is -0.467 e. The van der Waals surface area contributed by atoms with Gasteiger partial charge >= 0.3 is 5.97 Å². The Morgan fingerprint density at radius 3 is 2.45 bits per heavy atom. The molecule has 0 aromatic heterocycles. The Morgan fingerprint density at radius 1 is 1.25 bits per heavy atom. The van der Waals surface area contributed by atoms with E-state index in [1.807, 2.05) is 45.0 Å². The molecule has 1 aliphatic rings. The van der Waals surface area contributed by atoms with Crippen molar-refractivity contribution < 1.29 is 19.0 Å². The van der Waals surface area contributed by atoms with E-state index in [-0.39, 0.29) is 5.97 Å². The maximum Gasteiger partial charge on any atom is 0.338 e. The van der Waals surface area contributed by atoms with Crippen LogP contribution in [0.3, 0.4) is 0 Å². The highest BCUT2D eigenvalue weighted by atomic mass is 16.8. The van der Waals surface area contributed by atoms with Gasteiger partial charge in [-0.3, -0.25) is 0 Å². The average molecular weight is 278 g/mol. The lowest BCUT2D eigenvalue weighted by molar-refractivity contribution is -0.187. The van der Waals surface area contributed by atoms with Gasteiger partial charge in [0, 0.05) is 0 Å². The zero-order valence-electron chi connectivity index (χ0n) is 12.5. The van der Waals surface area contributed by atoms with Crippen LogP contribution in [0, 0.1) is 6.92 Å². The summed E-state index contributed by atoms with van der Waals surface area (Å²) in [4.78, 5) is 12.0. The van der Waals surface area contributed by atoms with Crippen molar-refractivity contribution in [2.45, 2.75) is 51.6 Å². The Hall–Kier alpha value is -1.39. The smallest absolute Gasteiger partial charge is 0.338 e. The van der Waals surface area contributed by atoms with Crippen molar-refractivity contribution in [3.8, 4) is 0 Å². The van der Waals surface area contributed by atoms with Crippen molar-refractivity contribution >= 4 is 5.97 Å². The van der Waals surface area contributed by atoms with E-state index >= 15 is 0 Å². The zero-order chi connectivity index (χ0) is 14.8. The number of esters is 1. The predicted molar refractivity (Wildman–Crippen MR) is 75.2 cm³/mol. The molecule has 2 atom stereocenters. The molecule has 110 valence electrons. The van der Waals surface area contributed by atoms with Gasteiger partial charge in [-0.05, 0) is 30.9 Å². The Morgan fingerprint density at radius 2 is 1.90 bits per heavy atom. The quantitative estimate of drug-likeness (QED) is 0.794. The molecule has 2 rings (SSSR count). The van der Waals surface area contributed by atoms with Crippen LogP contribution in [-0.4, -0.2) is 25.0 Å². The third kappa shape index (κ3) is 2.58. The number of aryl methyl sites for hydroxylation is 1. The first-order valence-electron chi connectivity index (χ1n) is 7.06. The second-order valence-corrected chi connectivity index (χ2v) is 5.07. The lowest BCUT2D eigenvalue weighted by atomic mass is 9.99. The first-order valence-corrected chi connectivity index (χ1v) is 7.06. The van der Waals surface area contributed by atoms with E-state index in [4.69, 9.17) is 14.2 Å². The fourth-order valence-electron chi connectivity index (χ4n) is 2.62. The minimum absolute atomic E-state index is 0.387. The molecule has 0 bridgehead atoms. The van der Waals surface area contributed by atoms with Gasteiger partial charge in [-0.15, -0.1) is 0 Å². The van der Waals surface area contributed by atoms with E-state index in [0.29, 0.717) is 12.8 Å². The van der Waals surface area contributed by atoms with Crippen molar-refractivity contribution in [2.24, 2.45) is 0 Å². The number of hydrogen-bond acceptors (Lipinski definition) is 4. The SMILES string of the molecule is CCC1(CC)O[C@@H](C(=O)OC)[C@H](c2ccccc2C)O1. The molecule has 1 aromatic rings. The van der Waals surface area contributed by atoms with Gasteiger partial charge < -0.3 is 14.2 Å². The molecule has 1 heterocycles. The average Bonchev–Trinajstić information content (AvgIpc) is 2.87. The van der Waals surface area contributed by atoms with Crippen LogP contribution in [0.5, 0.6) is 0 Å². The lowest BCUT2D eigenvalue weighted by Crippen LogP contribution is -2.32. The summed E-state index contributed by atoms with van der Waals surface area (Å²) >= 11 is 0. The molecule has 0 aliphatic carbocycles. The van der Waals surface area contributed by atoms with Crippen molar-refractivity contribution in [1.29, 1.82) is 0 Å². The van der Waals surface area contributed by atoms with Gasteiger partial charge in [0.2, 0.25) is 0 Å². The second kappa shape index (κ2) is 5.94. The molecule has 0 N–H and O–H groups in total. The number of methoxy groups -OCH3 is 1. The first kappa shape index (κ1) is 15.0. The van der Waals surface area contributed by atoms with Crippen molar-refractivity contribution in [3.05, 3.63) is 35.4 Å². The number of ether oxygens (including phenoxy) is 3. The summed E-state index contributed by atoms with van der Waals surface area (Å²) in [5.41, 5.74) is 2.06. The summed E-state index contributed by atoms with van der Waals surface area (Å²) in [5.74, 6) is -1.09. The van der Waals surface area contributed by atoms with Gasteiger partial charge in [0.05, 0.1) is 7.11 Å². The maximum atomic E-state index is 12.0. The van der Waals surface area contributed by atoms with Crippen molar-refractivity contribution in [3.63, 3.8) is 0 Å². The van der Waals surface area contributed by atoms with Crippen LogP contribution in [0.25, 0.3) is 0 Å². The van der Waals surface area contributed by atoms with Gasteiger partial charge in [-0.1, -0.05) is 38.1 Å². The molecular formula is C16H22O4. The summed E-state index contributed by atoms with van der Waals surface area (Å²) in [7, 11) is 1.37. The first-order chi connectivity index (χ1) is 9.56. The van der Waals surface area contributed by atoms with Crippen molar-refractivity contribution in [1.82, 2.24) is 0 Å². The standard InChI is InChI=1S/C16H22O4/c1-5-16(6-2)19-13(14(20-16)15(17)18-4)12-10-8-7-9-11(12)3/h7-10,13-14H,5-6H2,1-4H3/t13-,14+/m0/s1. The molecule has 1 fully saturated rings. The van der Waals surface area contributed by atoms with E-state index < -0.39 is 18.0 Å². The molecule has 0 radical (unpaired) electrons.